The molecule has 0 aliphatic carbocycles. The number of benzene rings is 2. The highest BCUT2D eigenvalue weighted by Crippen LogP contribution is 2.40. The molecule has 49 heavy (non-hydrogen) atoms. The quantitative estimate of drug-likeness (QED) is 0.202. The van der Waals surface area contributed by atoms with E-state index in [9.17, 15) is 9.18 Å². The van der Waals surface area contributed by atoms with Crippen molar-refractivity contribution in [3.8, 4) is 28.1 Å². The average molecular weight is 673 g/mol. The van der Waals surface area contributed by atoms with E-state index in [4.69, 9.17) is 29.0 Å². The Morgan fingerprint density at radius 2 is 1.82 bits per heavy atom. The zero-order valence-electron chi connectivity index (χ0n) is 30.1. The van der Waals surface area contributed by atoms with Crippen molar-refractivity contribution < 1.29 is 28.1 Å². The number of methoxy groups -OCH3 is 1. The van der Waals surface area contributed by atoms with E-state index >= 15 is 0 Å². The summed E-state index contributed by atoms with van der Waals surface area (Å²) in [5.74, 6) is 0.492. The van der Waals surface area contributed by atoms with E-state index in [1.807, 2.05) is 69.5 Å². The molecule has 9 nitrogen and oxygen atoms in total. The van der Waals surface area contributed by atoms with E-state index in [0.29, 0.717) is 53.6 Å². The van der Waals surface area contributed by atoms with Gasteiger partial charge in [0.05, 0.1) is 35.7 Å². The van der Waals surface area contributed by atoms with Crippen LogP contribution in [0.2, 0.25) is 0 Å². The predicted octanol–water partition coefficient (Wildman–Crippen LogP) is 8.18. The zero-order chi connectivity index (χ0) is 35.1. The molecule has 7 rings (SSSR count). The molecular weight excluding hydrogens is 623 g/mol. The lowest BCUT2D eigenvalue weighted by atomic mass is 9.92. The average Bonchev–Trinajstić information content (AvgIpc) is 3.47. The number of aromatic nitrogens is 3. The Kier molecular flexibility index (Phi) is 9.74. The van der Waals surface area contributed by atoms with Crippen LogP contribution in [0.1, 0.15) is 89.6 Å². The molecule has 0 unspecified atom stereocenters. The van der Waals surface area contributed by atoms with Gasteiger partial charge in [-0.3, -0.25) is 0 Å². The van der Waals surface area contributed by atoms with E-state index in [1.54, 1.807) is 6.92 Å². The van der Waals surface area contributed by atoms with Crippen LogP contribution in [0.3, 0.4) is 0 Å². The van der Waals surface area contributed by atoms with Gasteiger partial charge < -0.3 is 23.8 Å². The Hall–Kier alpha value is -4.02. The van der Waals surface area contributed by atoms with Gasteiger partial charge in [0, 0.05) is 48.6 Å². The molecule has 1 fully saturated rings. The highest BCUT2D eigenvalue weighted by molar-refractivity contribution is 5.81. The van der Waals surface area contributed by atoms with Crippen molar-refractivity contribution in [2.24, 2.45) is 0 Å². The van der Waals surface area contributed by atoms with Gasteiger partial charge in [0.25, 0.3) is 0 Å². The zero-order valence-corrected chi connectivity index (χ0v) is 30.1. The number of aryl methyl sites for hydroxylation is 2. The number of carbonyl (C=O) groups excluding carboxylic acids is 1. The van der Waals surface area contributed by atoms with Crippen LogP contribution in [0, 0.1) is 19.7 Å². The molecule has 0 radical (unpaired) electrons. The Balaban J connectivity index is 1.55. The molecule has 0 saturated carbocycles. The predicted molar refractivity (Wildman–Crippen MR) is 189 cm³/mol. The minimum absolute atomic E-state index is 0.0927. The SMILES string of the molecule is COC(=O)[C@@H](OC(C)(C)C)c1c(C)nc2cc3nn2c1N1CCC(C)(CC1)OCCCC[C@H](C)Oc1cc(F)c(C)cc1-c1cccc-3c1. The Bertz CT molecular complexity index is 1840. The fourth-order valence-electron chi connectivity index (χ4n) is 6.85. The Morgan fingerprint density at radius 1 is 1.08 bits per heavy atom. The topological polar surface area (TPSA) is 87.4 Å². The van der Waals surface area contributed by atoms with Crippen LogP contribution >= 0.6 is 0 Å². The number of carbonyl (C=O) groups is 1. The van der Waals surface area contributed by atoms with Gasteiger partial charge in [0.2, 0.25) is 0 Å². The summed E-state index contributed by atoms with van der Waals surface area (Å²) in [4.78, 5) is 20.7. The van der Waals surface area contributed by atoms with Gasteiger partial charge in [-0.2, -0.15) is 9.61 Å². The molecule has 2 atom stereocenters. The van der Waals surface area contributed by atoms with Gasteiger partial charge in [-0.05, 0) is 104 Å². The summed E-state index contributed by atoms with van der Waals surface area (Å²) >= 11 is 0. The minimum Gasteiger partial charge on any atom is -0.490 e. The van der Waals surface area contributed by atoms with Crippen LogP contribution < -0.4 is 9.64 Å². The van der Waals surface area contributed by atoms with Crippen molar-refractivity contribution in [3.63, 3.8) is 0 Å². The van der Waals surface area contributed by atoms with Crippen molar-refractivity contribution in [2.75, 3.05) is 31.7 Å². The van der Waals surface area contributed by atoms with Crippen LogP contribution in [0.25, 0.3) is 28.0 Å². The fraction of sp³-hybridized carbons (Fsp3) is 0.513. The third-order valence-electron chi connectivity index (χ3n) is 9.59. The van der Waals surface area contributed by atoms with E-state index < -0.39 is 17.7 Å². The van der Waals surface area contributed by atoms with Gasteiger partial charge in [-0.15, -0.1) is 0 Å². The molecule has 3 aliphatic rings. The van der Waals surface area contributed by atoms with Crippen LogP contribution in [0.15, 0.2) is 42.5 Å². The molecule has 5 heterocycles. The second kappa shape index (κ2) is 13.7. The number of hydrogen-bond donors (Lipinski definition) is 0. The smallest absolute Gasteiger partial charge is 0.339 e. The maximum absolute atomic E-state index is 14.9. The normalized spacial score (nSPS) is 20.9. The second-order valence-corrected chi connectivity index (χ2v) is 14.8. The molecule has 0 spiro atoms. The number of rotatable bonds is 3. The first-order valence-electron chi connectivity index (χ1n) is 17.4. The molecule has 2 aromatic heterocycles. The number of anilines is 1. The van der Waals surface area contributed by atoms with Crippen molar-refractivity contribution in [3.05, 3.63) is 65.1 Å². The lowest BCUT2D eigenvalue weighted by Gasteiger charge is -2.41. The van der Waals surface area contributed by atoms with Crippen molar-refractivity contribution in [2.45, 2.75) is 104 Å². The third kappa shape index (κ3) is 7.45. The summed E-state index contributed by atoms with van der Waals surface area (Å²) in [5, 5.41) is 5.14. The number of nitrogens with zero attached hydrogens (tertiary/aromatic N) is 4. The lowest BCUT2D eigenvalue weighted by molar-refractivity contribution is -0.164. The number of halogens is 1. The molecule has 0 amide bonds. The summed E-state index contributed by atoms with van der Waals surface area (Å²) in [5.41, 5.74) is 4.90. The van der Waals surface area contributed by atoms with Gasteiger partial charge in [0.15, 0.2) is 11.8 Å². The summed E-state index contributed by atoms with van der Waals surface area (Å²) < 4.78 is 41.4. The molecule has 0 N–H and O–H groups in total. The van der Waals surface area contributed by atoms with E-state index in [-0.39, 0.29) is 17.5 Å². The number of esters is 1. The second-order valence-electron chi connectivity index (χ2n) is 14.8. The fourth-order valence-corrected chi connectivity index (χ4v) is 6.85. The van der Waals surface area contributed by atoms with Crippen molar-refractivity contribution in [1.82, 2.24) is 14.6 Å². The van der Waals surface area contributed by atoms with Crippen molar-refractivity contribution >= 4 is 17.4 Å². The third-order valence-corrected chi connectivity index (χ3v) is 9.59. The highest BCUT2D eigenvalue weighted by atomic mass is 19.1. The molecule has 1 saturated heterocycles. The summed E-state index contributed by atoms with van der Waals surface area (Å²) in [6, 6.07) is 13.4. The first-order chi connectivity index (χ1) is 23.2. The molecule has 2 aromatic carbocycles. The van der Waals surface area contributed by atoms with Gasteiger partial charge in [-0.1, -0.05) is 18.2 Å². The minimum atomic E-state index is -1.01. The number of fused-ring (bicyclic) bond motifs is 8. The Morgan fingerprint density at radius 3 is 2.53 bits per heavy atom. The largest absolute Gasteiger partial charge is 0.490 e. The number of hydrogen-bond acceptors (Lipinski definition) is 8. The van der Waals surface area contributed by atoms with Crippen LogP contribution in [0.5, 0.6) is 5.75 Å². The molecule has 10 heteroatoms. The van der Waals surface area contributed by atoms with E-state index in [0.717, 1.165) is 54.6 Å². The summed E-state index contributed by atoms with van der Waals surface area (Å²) in [6.45, 7) is 15.7. The lowest BCUT2D eigenvalue weighted by Crippen LogP contribution is -2.46. The van der Waals surface area contributed by atoms with E-state index in [2.05, 4.69) is 17.9 Å². The molecule has 3 aliphatic heterocycles. The summed E-state index contributed by atoms with van der Waals surface area (Å²) in [7, 11) is 1.38. The molecule has 6 bridgehead atoms. The summed E-state index contributed by atoms with van der Waals surface area (Å²) in [6.07, 6.45) is 3.17. The molecular formula is C39H49FN4O5. The highest BCUT2D eigenvalue weighted by Gasteiger charge is 2.38. The standard InChI is InChI=1S/C39H49FN4O5/c1-24-20-29-27-13-11-14-28(21-27)31-23-33-41-26(3)34(35(37(45)46-8)49-38(4,5)6)36(44(33)42-31)43-17-15-39(7,16-18-43)47-19-10-9-12-25(2)48-32(29)22-30(24)40/h11,13-14,20-23,25,35H,9-10,12,15-19H2,1-8H3/t25-,35-/m0/s1. The molecule has 262 valence electrons. The van der Waals surface area contributed by atoms with Crippen molar-refractivity contribution in [1.29, 1.82) is 0 Å². The maximum Gasteiger partial charge on any atom is 0.339 e. The number of ether oxygens (including phenoxy) is 4. The first-order valence-corrected chi connectivity index (χ1v) is 17.4. The van der Waals surface area contributed by atoms with Gasteiger partial charge in [-0.25, -0.2) is 14.2 Å². The number of piperidine rings is 1. The van der Waals surface area contributed by atoms with Gasteiger partial charge in [0.1, 0.15) is 17.4 Å². The monoisotopic (exact) mass is 672 g/mol. The van der Waals surface area contributed by atoms with Crippen LogP contribution in [-0.2, 0) is 19.0 Å². The molecule has 4 aromatic rings. The maximum atomic E-state index is 14.9. The first kappa shape index (κ1) is 34.8. The van der Waals surface area contributed by atoms with Crippen LogP contribution in [0.4, 0.5) is 10.2 Å². The van der Waals surface area contributed by atoms with Gasteiger partial charge >= 0.3 is 5.97 Å². The Labute approximate surface area is 288 Å². The van der Waals surface area contributed by atoms with Crippen LogP contribution in [-0.4, -0.2) is 64.7 Å². The van der Waals surface area contributed by atoms with E-state index in [1.165, 1.54) is 13.2 Å².